The van der Waals surface area contributed by atoms with Crippen molar-refractivity contribution in [2.45, 2.75) is 19.9 Å². The SMILES string of the molecule is Cc1ccc2oc(=O)n(Cc3noc(C(=O)NCCCN4CCN(c5ccccc5)CC4)n3)c2c1. The average molecular weight is 477 g/mol. The molecule has 10 heteroatoms. The molecular weight excluding hydrogens is 448 g/mol. The van der Waals surface area contributed by atoms with Crippen LogP contribution in [-0.4, -0.2) is 64.8 Å². The number of oxazole rings is 1. The van der Waals surface area contributed by atoms with Crippen molar-refractivity contribution in [3.8, 4) is 0 Å². The molecule has 0 spiro atoms. The Balaban J connectivity index is 1.08. The van der Waals surface area contributed by atoms with Crippen LogP contribution in [0.5, 0.6) is 0 Å². The van der Waals surface area contributed by atoms with Crippen molar-refractivity contribution in [2.24, 2.45) is 0 Å². The molecule has 2 aromatic heterocycles. The fourth-order valence-corrected chi connectivity index (χ4v) is 4.32. The molecule has 5 rings (SSSR count). The molecule has 0 unspecified atom stereocenters. The summed E-state index contributed by atoms with van der Waals surface area (Å²) < 4.78 is 11.8. The highest BCUT2D eigenvalue weighted by Gasteiger charge is 2.19. The van der Waals surface area contributed by atoms with E-state index in [2.05, 4.69) is 49.5 Å². The van der Waals surface area contributed by atoms with Crippen LogP contribution in [0.2, 0.25) is 0 Å². The summed E-state index contributed by atoms with van der Waals surface area (Å²) >= 11 is 0. The maximum Gasteiger partial charge on any atom is 0.420 e. The number of nitrogens with zero attached hydrogens (tertiary/aromatic N) is 5. The number of carbonyl (C=O) groups is 1. The molecule has 0 radical (unpaired) electrons. The highest BCUT2D eigenvalue weighted by Crippen LogP contribution is 2.16. The second-order valence-corrected chi connectivity index (χ2v) is 8.71. The van der Waals surface area contributed by atoms with Gasteiger partial charge < -0.3 is 19.2 Å². The number of para-hydroxylation sites is 1. The van der Waals surface area contributed by atoms with Gasteiger partial charge in [0.15, 0.2) is 11.4 Å². The molecule has 0 bridgehead atoms. The minimum atomic E-state index is -0.508. The first-order valence-electron chi connectivity index (χ1n) is 11.8. The van der Waals surface area contributed by atoms with E-state index in [1.807, 2.05) is 25.1 Å². The van der Waals surface area contributed by atoms with E-state index >= 15 is 0 Å². The van der Waals surface area contributed by atoms with Gasteiger partial charge in [0.2, 0.25) is 0 Å². The summed E-state index contributed by atoms with van der Waals surface area (Å²) in [7, 11) is 0. The van der Waals surface area contributed by atoms with Gasteiger partial charge in [-0.2, -0.15) is 4.98 Å². The number of anilines is 1. The summed E-state index contributed by atoms with van der Waals surface area (Å²) in [6.45, 7) is 7.40. The summed E-state index contributed by atoms with van der Waals surface area (Å²) in [4.78, 5) is 33.6. The Bertz CT molecular complexity index is 1350. The summed E-state index contributed by atoms with van der Waals surface area (Å²) in [5.74, 6) is -0.810. The summed E-state index contributed by atoms with van der Waals surface area (Å²) in [6.07, 6.45) is 0.827. The van der Waals surface area contributed by atoms with E-state index in [1.54, 1.807) is 6.07 Å². The molecule has 1 N–H and O–H groups in total. The Hall–Kier alpha value is -3.92. The molecule has 1 amide bonds. The molecular formula is C25H28N6O4. The predicted octanol–water partition coefficient (Wildman–Crippen LogP) is 2.28. The van der Waals surface area contributed by atoms with E-state index in [9.17, 15) is 9.59 Å². The predicted molar refractivity (Wildman–Crippen MR) is 131 cm³/mol. The highest BCUT2D eigenvalue weighted by molar-refractivity contribution is 5.89. The molecule has 35 heavy (non-hydrogen) atoms. The van der Waals surface area contributed by atoms with Gasteiger partial charge in [-0.3, -0.25) is 14.3 Å². The average Bonchev–Trinajstić information content (AvgIpc) is 3.47. The second-order valence-electron chi connectivity index (χ2n) is 8.71. The lowest BCUT2D eigenvalue weighted by Crippen LogP contribution is -2.47. The number of aromatic nitrogens is 3. The molecule has 3 heterocycles. The topological polar surface area (TPSA) is 110 Å². The summed E-state index contributed by atoms with van der Waals surface area (Å²) in [5, 5.41) is 6.69. The lowest BCUT2D eigenvalue weighted by Gasteiger charge is -2.36. The van der Waals surface area contributed by atoms with E-state index < -0.39 is 11.7 Å². The van der Waals surface area contributed by atoms with Crippen molar-refractivity contribution >= 4 is 22.7 Å². The molecule has 0 atom stereocenters. The Labute approximate surface area is 202 Å². The van der Waals surface area contributed by atoms with E-state index in [0.717, 1.165) is 44.7 Å². The lowest BCUT2D eigenvalue weighted by atomic mass is 10.2. The molecule has 1 aliphatic rings. The van der Waals surface area contributed by atoms with Crippen molar-refractivity contribution in [3.63, 3.8) is 0 Å². The van der Waals surface area contributed by atoms with Gasteiger partial charge in [0, 0.05) is 38.4 Å². The van der Waals surface area contributed by atoms with Gasteiger partial charge in [0.1, 0.15) is 0 Å². The third kappa shape index (κ3) is 5.27. The van der Waals surface area contributed by atoms with Crippen LogP contribution in [0.3, 0.4) is 0 Å². The van der Waals surface area contributed by atoms with Crippen LogP contribution in [0.1, 0.15) is 28.5 Å². The first-order valence-corrected chi connectivity index (χ1v) is 11.8. The van der Waals surface area contributed by atoms with E-state index in [4.69, 9.17) is 8.94 Å². The molecule has 0 saturated carbocycles. The van der Waals surface area contributed by atoms with E-state index in [-0.39, 0.29) is 18.3 Å². The Morgan fingerprint density at radius 3 is 2.69 bits per heavy atom. The number of benzene rings is 2. The van der Waals surface area contributed by atoms with Gasteiger partial charge in [-0.1, -0.05) is 29.4 Å². The fraction of sp³-hybridized carbons (Fsp3) is 0.360. The zero-order chi connectivity index (χ0) is 24.2. The van der Waals surface area contributed by atoms with Crippen molar-refractivity contribution in [1.29, 1.82) is 0 Å². The van der Waals surface area contributed by atoms with Crippen molar-refractivity contribution in [2.75, 3.05) is 44.2 Å². The maximum atomic E-state index is 12.4. The molecule has 1 aliphatic heterocycles. The number of rotatable bonds is 8. The standard InChI is InChI=1S/C25H28N6O4/c1-18-8-9-21-20(16-18)31(25(33)34-21)17-22-27-24(35-28-22)23(32)26-10-5-11-29-12-14-30(15-13-29)19-6-3-2-4-7-19/h2-4,6-9,16H,5,10-15,17H2,1H3,(H,26,32). The van der Waals surface area contributed by atoms with Crippen LogP contribution >= 0.6 is 0 Å². The van der Waals surface area contributed by atoms with Crippen LogP contribution in [0.15, 0.2) is 62.3 Å². The van der Waals surface area contributed by atoms with Gasteiger partial charge in [0.05, 0.1) is 12.1 Å². The van der Waals surface area contributed by atoms with Crippen LogP contribution < -0.4 is 16.0 Å². The van der Waals surface area contributed by atoms with Crippen LogP contribution in [0.25, 0.3) is 11.1 Å². The number of nitrogens with one attached hydrogen (secondary N) is 1. The van der Waals surface area contributed by atoms with Gasteiger partial charge in [-0.15, -0.1) is 0 Å². The number of aryl methyl sites for hydroxylation is 1. The first-order chi connectivity index (χ1) is 17.1. The first kappa shape index (κ1) is 22.9. The summed E-state index contributed by atoms with van der Waals surface area (Å²) in [6, 6.07) is 15.9. The van der Waals surface area contributed by atoms with Crippen molar-refractivity contribution in [1.82, 2.24) is 24.9 Å². The van der Waals surface area contributed by atoms with Gasteiger partial charge in [-0.25, -0.2) is 4.79 Å². The van der Waals surface area contributed by atoms with Crippen molar-refractivity contribution in [3.05, 3.63) is 76.4 Å². The number of hydrogen-bond donors (Lipinski definition) is 1. The van der Waals surface area contributed by atoms with E-state index in [0.29, 0.717) is 17.6 Å². The zero-order valence-corrected chi connectivity index (χ0v) is 19.6. The third-order valence-electron chi connectivity index (χ3n) is 6.22. The number of hydrogen-bond acceptors (Lipinski definition) is 8. The fourth-order valence-electron chi connectivity index (χ4n) is 4.32. The second kappa shape index (κ2) is 10.1. The Kier molecular flexibility index (Phi) is 6.62. The minimum absolute atomic E-state index is 0.0566. The highest BCUT2D eigenvalue weighted by atomic mass is 16.5. The number of carbonyl (C=O) groups excluding carboxylic acids is 1. The van der Waals surface area contributed by atoms with Crippen molar-refractivity contribution < 1.29 is 13.7 Å². The molecule has 4 aromatic rings. The summed E-state index contributed by atoms with van der Waals surface area (Å²) in [5.41, 5.74) is 3.40. The zero-order valence-electron chi connectivity index (χ0n) is 19.6. The van der Waals surface area contributed by atoms with Gasteiger partial charge >= 0.3 is 17.6 Å². The largest absolute Gasteiger partial charge is 0.420 e. The van der Waals surface area contributed by atoms with Crippen LogP contribution in [0.4, 0.5) is 5.69 Å². The number of amides is 1. The number of piperazine rings is 1. The van der Waals surface area contributed by atoms with Gasteiger partial charge in [-0.05, 0) is 49.7 Å². The lowest BCUT2D eigenvalue weighted by molar-refractivity contribution is 0.0907. The molecule has 0 aliphatic carbocycles. The monoisotopic (exact) mass is 476 g/mol. The quantitative estimate of drug-likeness (QED) is 0.386. The van der Waals surface area contributed by atoms with Crippen LogP contribution in [0, 0.1) is 6.92 Å². The molecule has 10 nitrogen and oxygen atoms in total. The van der Waals surface area contributed by atoms with Crippen LogP contribution in [-0.2, 0) is 6.54 Å². The number of fused-ring (bicyclic) bond motifs is 1. The Morgan fingerprint density at radius 2 is 1.89 bits per heavy atom. The Morgan fingerprint density at radius 1 is 1.09 bits per heavy atom. The third-order valence-corrected chi connectivity index (χ3v) is 6.22. The molecule has 2 aromatic carbocycles. The molecule has 1 fully saturated rings. The minimum Gasteiger partial charge on any atom is -0.408 e. The smallest absolute Gasteiger partial charge is 0.408 e. The van der Waals surface area contributed by atoms with Gasteiger partial charge in [0.25, 0.3) is 0 Å². The molecule has 1 saturated heterocycles. The maximum absolute atomic E-state index is 12.4. The normalized spacial score (nSPS) is 14.5. The molecule has 182 valence electrons. The van der Waals surface area contributed by atoms with E-state index in [1.165, 1.54) is 10.3 Å².